The number of nitrogens with zero attached hydrogens (tertiary/aromatic N) is 6. The summed E-state index contributed by atoms with van der Waals surface area (Å²) in [4.78, 5) is 15.5. The zero-order valence-corrected chi connectivity index (χ0v) is 20.6. The molecular weight excluding hydrogens is 464 g/mol. The van der Waals surface area contributed by atoms with Crippen molar-refractivity contribution in [1.29, 1.82) is 5.26 Å². The maximum atomic E-state index is 12.0. The van der Waals surface area contributed by atoms with Gasteiger partial charge in [-0.3, -0.25) is 0 Å². The molecule has 180 valence electrons. The number of benzene rings is 1. The summed E-state index contributed by atoms with van der Waals surface area (Å²) < 4.78 is 22.0. The molecule has 10 nitrogen and oxygen atoms in total. The molecule has 2 aliphatic heterocycles. The summed E-state index contributed by atoms with van der Waals surface area (Å²) in [7, 11) is -0.232. The van der Waals surface area contributed by atoms with Gasteiger partial charge < -0.3 is 20.3 Å². The second kappa shape index (κ2) is 9.22. The lowest BCUT2D eigenvalue weighted by molar-refractivity contribution is 0.0742. The Morgan fingerprint density at radius 3 is 2.86 bits per heavy atom. The molecule has 2 aromatic heterocycles. The molecule has 0 spiro atoms. The zero-order valence-electron chi connectivity index (χ0n) is 19.8. The van der Waals surface area contributed by atoms with E-state index in [-0.39, 0.29) is 5.56 Å². The Kier molecular flexibility index (Phi) is 6.10. The molecule has 0 bridgehead atoms. The van der Waals surface area contributed by atoms with E-state index in [1.54, 1.807) is 30.7 Å². The van der Waals surface area contributed by atoms with Crippen LogP contribution in [0.2, 0.25) is 0 Å². The third-order valence-corrected chi connectivity index (χ3v) is 6.39. The summed E-state index contributed by atoms with van der Waals surface area (Å²) in [5.41, 5.74) is 5.02. The van der Waals surface area contributed by atoms with Gasteiger partial charge >= 0.3 is 0 Å². The quantitative estimate of drug-likeness (QED) is 0.550. The molecule has 0 saturated carbocycles. The molecule has 1 unspecified atom stereocenters. The number of rotatable bonds is 5. The van der Waals surface area contributed by atoms with Gasteiger partial charge in [0.25, 0.3) is 0 Å². The summed E-state index contributed by atoms with van der Waals surface area (Å²) in [5.74, 6) is 1.82. The van der Waals surface area contributed by atoms with Crippen LogP contribution >= 0.6 is 0 Å². The van der Waals surface area contributed by atoms with Gasteiger partial charge in [-0.25, -0.2) is 14.2 Å². The first-order valence-corrected chi connectivity index (χ1v) is 13.5. The Labute approximate surface area is 204 Å². The van der Waals surface area contributed by atoms with Gasteiger partial charge in [0.05, 0.1) is 19.4 Å². The van der Waals surface area contributed by atoms with Crippen LogP contribution < -0.4 is 10.6 Å². The van der Waals surface area contributed by atoms with E-state index in [0.717, 1.165) is 25.4 Å². The van der Waals surface area contributed by atoms with Crippen molar-refractivity contribution in [3.63, 3.8) is 0 Å². The fraction of sp³-hybridized carbons (Fsp3) is 0.333. The highest BCUT2D eigenvalue weighted by Gasteiger charge is 2.29. The van der Waals surface area contributed by atoms with E-state index in [2.05, 4.69) is 60.1 Å². The summed E-state index contributed by atoms with van der Waals surface area (Å²) in [6, 6.07) is 11.5. The minimum atomic E-state index is -2.35. The molecule has 1 atom stereocenters. The summed E-state index contributed by atoms with van der Waals surface area (Å²) in [6.45, 7) is 3.22. The van der Waals surface area contributed by atoms with E-state index >= 15 is 0 Å². The van der Waals surface area contributed by atoms with Gasteiger partial charge in [0, 0.05) is 46.9 Å². The predicted molar refractivity (Wildman–Crippen MR) is 135 cm³/mol. The van der Waals surface area contributed by atoms with Crippen molar-refractivity contribution >= 4 is 38.8 Å². The van der Waals surface area contributed by atoms with Crippen LogP contribution in [0.4, 0.5) is 29.1 Å². The smallest absolute Gasteiger partial charge is 0.229 e. The summed E-state index contributed by atoms with van der Waals surface area (Å²) in [6.07, 6.45) is 4.56. The molecule has 3 aromatic rings. The molecule has 0 fully saturated rings. The average molecular weight is 491 g/mol. The van der Waals surface area contributed by atoms with Crippen LogP contribution in [0.3, 0.4) is 0 Å². The van der Waals surface area contributed by atoms with Crippen molar-refractivity contribution in [3.8, 4) is 6.07 Å². The lowest BCUT2D eigenvalue weighted by Gasteiger charge is -2.37. The maximum Gasteiger partial charge on any atom is 0.229 e. The van der Waals surface area contributed by atoms with Crippen LogP contribution in [-0.2, 0) is 27.6 Å². The predicted octanol–water partition coefficient (Wildman–Crippen LogP) is 3.65. The number of hydrogen-bond acceptors (Lipinski definition) is 10. The molecule has 5 rings (SSSR count). The molecular formula is C24H26N8O2S. The number of aromatic nitrogens is 3. The Morgan fingerprint density at radius 1 is 1.23 bits per heavy atom. The van der Waals surface area contributed by atoms with Crippen molar-refractivity contribution in [3.05, 3.63) is 58.8 Å². The number of likely N-dealkylation sites (N-methyl/N-ethyl adjacent to an activating group) is 1. The van der Waals surface area contributed by atoms with Crippen LogP contribution in [0.15, 0.2) is 40.9 Å². The normalized spacial score (nSPS) is 17.3. The highest BCUT2D eigenvalue weighted by atomic mass is 32.2. The van der Waals surface area contributed by atoms with E-state index < -0.39 is 9.73 Å². The fourth-order valence-electron chi connectivity index (χ4n) is 4.53. The Balaban J connectivity index is 1.44. The molecule has 35 heavy (non-hydrogen) atoms. The van der Waals surface area contributed by atoms with Crippen molar-refractivity contribution in [2.75, 3.05) is 43.3 Å². The van der Waals surface area contributed by atoms with Crippen LogP contribution in [0.1, 0.15) is 28.2 Å². The maximum absolute atomic E-state index is 12.0. The van der Waals surface area contributed by atoms with Gasteiger partial charge in [0.1, 0.15) is 17.5 Å². The van der Waals surface area contributed by atoms with Gasteiger partial charge in [0.15, 0.2) is 11.6 Å². The molecule has 0 aliphatic carbocycles. The van der Waals surface area contributed by atoms with Crippen LogP contribution in [0, 0.1) is 11.3 Å². The molecule has 4 heterocycles. The number of nitrogens with one attached hydrogen (secondary N) is 2. The average Bonchev–Trinajstić information content (AvgIpc) is 2.78. The number of hydrogen-bond donors (Lipinski definition) is 2. The van der Waals surface area contributed by atoms with Crippen molar-refractivity contribution in [2.24, 2.45) is 4.36 Å². The van der Waals surface area contributed by atoms with E-state index in [1.165, 1.54) is 22.9 Å². The largest absolute Gasteiger partial charge is 0.376 e. The van der Waals surface area contributed by atoms with E-state index in [0.29, 0.717) is 35.9 Å². The van der Waals surface area contributed by atoms with Gasteiger partial charge in [-0.05, 0) is 48.0 Å². The third kappa shape index (κ3) is 5.24. The van der Waals surface area contributed by atoms with E-state index in [4.69, 9.17) is 4.74 Å². The standard InChI is InChI=1S/C24H26N8O2S/c1-32-11-15-7-19(8-16-13-34-14-18(12-32)22(15)16)27-24-26-10-17(9-25)23(30-24)29-20-5-4-6-21(28-20)31-35(2,3)33/h4-8,10,18H,11-14H2,1-3H3,(H2,26,27,28,29,30). The molecule has 2 aliphatic rings. The van der Waals surface area contributed by atoms with Crippen LogP contribution in [0.5, 0.6) is 0 Å². The van der Waals surface area contributed by atoms with Crippen molar-refractivity contribution in [2.45, 2.75) is 19.1 Å². The van der Waals surface area contributed by atoms with Gasteiger partial charge in [-0.15, -0.1) is 0 Å². The number of nitriles is 1. The van der Waals surface area contributed by atoms with E-state index in [9.17, 15) is 9.47 Å². The van der Waals surface area contributed by atoms with Gasteiger partial charge in [0.2, 0.25) is 5.95 Å². The third-order valence-electron chi connectivity index (χ3n) is 5.77. The first-order valence-electron chi connectivity index (χ1n) is 11.1. The van der Waals surface area contributed by atoms with Crippen molar-refractivity contribution < 1.29 is 8.95 Å². The molecule has 11 heteroatoms. The van der Waals surface area contributed by atoms with Crippen LogP contribution in [0.25, 0.3) is 0 Å². The number of pyridine rings is 1. The molecule has 0 amide bonds. The second-order valence-electron chi connectivity index (χ2n) is 9.09. The summed E-state index contributed by atoms with van der Waals surface area (Å²) >= 11 is 0. The zero-order chi connectivity index (χ0) is 24.6. The van der Waals surface area contributed by atoms with Crippen LogP contribution in [-0.4, -0.2) is 56.8 Å². The Morgan fingerprint density at radius 2 is 2.06 bits per heavy atom. The Bertz CT molecular complexity index is 1450. The topological polar surface area (TPSA) is 128 Å². The fourth-order valence-corrected chi connectivity index (χ4v) is 5.09. The lowest BCUT2D eigenvalue weighted by Crippen LogP contribution is -2.35. The first-order chi connectivity index (χ1) is 16.8. The first kappa shape index (κ1) is 23.2. The van der Waals surface area contributed by atoms with Gasteiger partial charge in [-0.1, -0.05) is 6.07 Å². The second-order valence-corrected chi connectivity index (χ2v) is 11.6. The molecule has 0 radical (unpaired) electrons. The number of ether oxygens (including phenoxy) is 1. The number of anilines is 4. The molecule has 2 N–H and O–H groups in total. The Hall–Kier alpha value is -3.59. The molecule has 1 aromatic carbocycles. The van der Waals surface area contributed by atoms with Gasteiger partial charge in [-0.2, -0.15) is 14.6 Å². The van der Waals surface area contributed by atoms with Crippen molar-refractivity contribution in [1.82, 2.24) is 19.9 Å². The van der Waals surface area contributed by atoms with E-state index in [1.807, 2.05) is 0 Å². The summed E-state index contributed by atoms with van der Waals surface area (Å²) in [5, 5.41) is 15.9. The minimum Gasteiger partial charge on any atom is -0.376 e. The minimum absolute atomic E-state index is 0.271. The highest BCUT2D eigenvalue weighted by molar-refractivity contribution is 7.92. The monoisotopic (exact) mass is 490 g/mol. The molecule has 0 saturated heterocycles. The lowest BCUT2D eigenvalue weighted by atomic mass is 9.85. The SMILES string of the molecule is CN1Cc2cc(Nc3ncc(C#N)c(Nc4cccc(N=S(C)(C)=O)n4)n3)cc3c2C(COC3)C1. The highest BCUT2D eigenvalue weighted by Crippen LogP contribution is 2.37.